The fourth-order valence-electron chi connectivity index (χ4n) is 3.57. The lowest BCUT2D eigenvalue weighted by atomic mass is 10.1. The van der Waals surface area contributed by atoms with Crippen molar-refractivity contribution in [2.24, 2.45) is 0 Å². The lowest BCUT2D eigenvalue weighted by Gasteiger charge is -2.22. The summed E-state index contributed by atoms with van der Waals surface area (Å²) in [5.74, 6) is 0.589. The Balaban J connectivity index is 0.000000342. The first kappa shape index (κ1) is 28.4. The SMILES string of the molecule is CCOc1cc2c(cc1CN(Cc1ccccn1)Cc1ccc(C)o1)OCO2.O=C(O)C(O)C(O)C(=O)O. The fourth-order valence-corrected chi connectivity index (χ4v) is 3.57. The van der Waals surface area contributed by atoms with E-state index in [0.717, 1.165) is 40.0 Å². The lowest BCUT2D eigenvalue weighted by molar-refractivity contribution is -0.165. The Morgan fingerprint density at radius 3 is 2.24 bits per heavy atom. The van der Waals surface area contributed by atoms with Crippen LogP contribution in [0.15, 0.2) is 53.1 Å². The van der Waals surface area contributed by atoms with E-state index >= 15 is 0 Å². The maximum absolute atomic E-state index is 9.77. The van der Waals surface area contributed by atoms with Gasteiger partial charge < -0.3 is 39.1 Å². The smallest absolute Gasteiger partial charge is 0.335 e. The average Bonchev–Trinajstić information content (AvgIpc) is 3.52. The predicted molar refractivity (Wildman–Crippen MR) is 132 cm³/mol. The van der Waals surface area contributed by atoms with Gasteiger partial charge in [0, 0.05) is 30.9 Å². The van der Waals surface area contributed by atoms with E-state index in [-0.39, 0.29) is 6.79 Å². The molecule has 12 heteroatoms. The molecule has 0 aliphatic carbocycles. The van der Waals surface area contributed by atoms with Crippen molar-refractivity contribution in [2.75, 3.05) is 13.4 Å². The topological polar surface area (TPSA) is 172 Å². The lowest BCUT2D eigenvalue weighted by Crippen LogP contribution is -2.39. The number of pyridine rings is 1. The first-order chi connectivity index (χ1) is 18.2. The van der Waals surface area contributed by atoms with Crippen LogP contribution in [-0.2, 0) is 29.2 Å². The number of hydrogen-bond donors (Lipinski definition) is 4. The Hall–Kier alpha value is -4.13. The second-order valence-corrected chi connectivity index (χ2v) is 8.29. The number of aliphatic hydroxyl groups is 2. The maximum atomic E-state index is 9.77. The minimum absolute atomic E-state index is 0.244. The Labute approximate surface area is 218 Å². The molecule has 0 bridgehead atoms. The molecule has 4 N–H and O–H groups in total. The standard InChI is InChI=1S/C22H24N2O4.C4H6O6/c1-3-25-20-11-22-21(26-15-27-22)10-17(20)12-24(13-18-6-4-5-9-23-18)14-19-8-7-16(2)28-19;5-1(3(7)8)2(6)4(9)10/h4-11H,3,12-15H2,1-2H3;1-2,5-6H,(H,7,8)(H,9,10). The van der Waals surface area contributed by atoms with Crippen molar-refractivity contribution >= 4 is 11.9 Å². The quantitative estimate of drug-likeness (QED) is 0.285. The zero-order chi connectivity index (χ0) is 27.7. The number of aromatic nitrogens is 1. The molecule has 0 saturated heterocycles. The van der Waals surface area contributed by atoms with Gasteiger partial charge in [-0.2, -0.15) is 0 Å². The van der Waals surface area contributed by atoms with Gasteiger partial charge in [0.25, 0.3) is 0 Å². The molecular formula is C26H30N2O10. The van der Waals surface area contributed by atoms with E-state index in [0.29, 0.717) is 26.2 Å². The van der Waals surface area contributed by atoms with E-state index in [2.05, 4.69) is 9.88 Å². The number of carboxylic acids is 2. The van der Waals surface area contributed by atoms with Crippen LogP contribution in [0.3, 0.4) is 0 Å². The number of nitrogens with zero attached hydrogens (tertiary/aromatic N) is 2. The van der Waals surface area contributed by atoms with Gasteiger partial charge in [0.05, 0.1) is 18.8 Å². The molecule has 38 heavy (non-hydrogen) atoms. The van der Waals surface area contributed by atoms with Crippen molar-refractivity contribution in [1.82, 2.24) is 9.88 Å². The Morgan fingerprint density at radius 1 is 1.00 bits per heavy atom. The average molecular weight is 531 g/mol. The van der Waals surface area contributed by atoms with Crippen LogP contribution in [0.5, 0.6) is 17.2 Å². The number of aliphatic carboxylic acids is 2. The molecule has 1 aliphatic heterocycles. The minimum atomic E-state index is -2.27. The van der Waals surface area contributed by atoms with E-state index in [4.69, 9.17) is 39.1 Å². The third kappa shape index (κ3) is 7.93. The molecule has 3 aromatic rings. The highest BCUT2D eigenvalue weighted by molar-refractivity contribution is 5.83. The summed E-state index contributed by atoms with van der Waals surface area (Å²) in [6.07, 6.45) is -2.72. The monoisotopic (exact) mass is 530 g/mol. The summed E-state index contributed by atoms with van der Waals surface area (Å²) in [5.41, 5.74) is 2.05. The predicted octanol–water partition coefficient (Wildman–Crippen LogP) is 2.19. The number of carbonyl (C=O) groups is 2. The van der Waals surface area contributed by atoms with Crippen LogP contribution >= 0.6 is 0 Å². The Morgan fingerprint density at radius 2 is 1.68 bits per heavy atom. The number of aliphatic hydroxyl groups excluding tert-OH is 2. The largest absolute Gasteiger partial charge is 0.493 e. The molecule has 204 valence electrons. The fraction of sp³-hybridized carbons (Fsp3) is 0.346. The number of ether oxygens (including phenoxy) is 3. The second-order valence-electron chi connectivity index (χ2n) is 8.29. The molecule has 3 heterocycles. The first-order valence-electron chi connectivity index (χ1n) is 11.7. The van der Waals surface area contributed by atoms with Crippen LogP contribution in [0, 0.1) is 6.92 Å². The number of furan rings is 1. The van der Waals surface area contributed by atoms with Gasteiger partial charge in [0.2, 0.25) is 6.79 Å². The van der Waals surface area contributed by atoms with Gasteiger partial charge in [-0.25, -0.2) is 9.59 Å². The second kappa shape index (κ2) is 13.4. The molecule has 0 amide bonds. The molecule has 4 rings (SSSR count). The van der Waals surface area contributed by atoms with Gasteiger partial charge in [0.15, 0.2) is 23.7 Å². The molecule has 0 saturated carbocycles. The van der Waals surface area contributed by atoms with Crippen LogP contribution in [0.1, 0.15) is 29.7 Å². The van der Waals surface area contributed by atoms with Crippen molar-refractivity contribution in [3.8, 4) is 17.2 Å². The third-order valence-electron chi connectivity index (χ3n) is 5.34. The summed E-state index contributed by atoms with van der Waals surface area (Å²) >= 11 is 0. The molecule has 0 radical (unpaired) electrons. The van der Waals surface area contributed by atoms with E-state index in [1.54, 1.807) is 0 Å². The molecular weight excluding hydrogens is 500 g/mol. The Bertz CT molecular complexity index is 1200. The molecule has 0 fully saturated rings. The van der Waals surface area contributed by atoms with Crippen molar-refractivity contribution in [3.63, 3.8) is 0 Å². The van der Waals surface area contributed by atoms with Gasteiger partial charge in [-0.1, -0.05) is 6.07 Å². The van der Waals surface area contributed by atoms with E-state index in [9.17, 15) is 9.59 Å². The zero-order valence-corrected chi connectivity index (χ0v) is 20.9. The highest BCUT2D eigenvalue weighted by Crippen LogP contribution is 2.39. The van der Waals surface area contributed by atoms with Crippen LogP contribution in [0.4, 0.5) is 0 Å². The summed E-state index contributed by atoms with van der Waals surface area (Å²) in [5, 5.41) is 32.5. The Kier molecular flexibility index (Phi) is 10.0. The molecule has 1 aliphatic rings. The number of aryl methyl sites for hydroxylation is 1. The highest BCUT2D eigenvalue weighted by Gasteiger charge is 2.29. The van der Waals surface area contributed by atoms with Gasteiger partial charge in [-0.05, 0) is 44.2 Å². The normalized spacial score (nSPS) is 13.4. The van der Waals surface area contributed by atoms with E-state index in [1.165, 1.54) is 0 Å². The molecule has 2 atom stereocenters. The van der Waals surface area contributed by atoms with Crippen molar-refractivity contribution < 1.29 is 48.6 Å². The first-order valence-corrected chi connectivity index (χ1v) is 11.7. The van der Waals surface area contributed by atoms with Gasteiger partial charge in [-0.15, -0.1) is 0 Å². The van der Waals surface area contributed by atoms with E-state index in [1.807, 2.05) is 62.5 Å². The summed E-state index contributed by atoms with van der Waals surface area (Å²) in [6, 6.07) is 13.9. The summed E-state index contributed by atoms with van der Waals surface area (Å²) in [6.45, 7) is 6.80. The van der Waals surface area contributed by atoms with E-state index < -0.39 is 24.1 Å². The van der Waals surface area contributed by atoms with Crippen LogP contribution in [0.2, 0.25) is 0 Å². The zero-order valence-electron chi connectivity index (χ0n) is 20.9. The van der Waals surface area contributed by atoms with Crippen molar-refractivity contribution in [1.29, 1.82) is 0 Å². The minimum Gasteiger partial charge on any atom is -0.493 e. The number of fused-ring (bicyclic) bond motifs is 1. The number of carboxylic acid groups (broad SMARTS) is 2. The summed E-state index contributed by atoms with van der Waals surface area (Å²) < 4.78 is 22.7. The molecule has 2 aromatic heterocycles. The van der Waals surface area contributed by atoms with Gasteiger partial charge in [0.1, 0.15) is 17.3 Å². The molecule has 12 nitrogen and oxygen atoms in total. The summed E-state index contributed by atoms with van der Waals surface area (Å²) in [7, 11) is 0. The molecule has 0 spiro atoms. The van der Waals surface area contributed by atoms with Crippen molar-refractivity contribution in [2.45, 2.75) is 45.7 Å². The van der Waals surface area contributed by atoms with Gasteiger partial charge >= 0.3 is 11.9 Å². The number of benzene rings is 1. The van der Waals surface area contributed by atoms with Crippen molar-refractivity contribution in [3.05, 3.63) is 71.4 Å². The maximum Gasteiger partial charge on any atom is 0.335 e. The molecule has 2 unspecified atom stereocenters. The third-order valence-corrected chi connectivity index (χ3v) is 5.34. The van der Waals surface area contributed by atoms with Crippen LogP contribution in [0.25, 0.3) is 0 Å². The van der Waals surface area contributed by atoms with Gasteiger partial charge in [-0.3, -0.25) is 9.88 Å². The molecule has 1 aromatic carbocycles. The van der Waals surface area contributed by atoms with Crippen LogP contribution in [-0.4, -0.2) is 67.9 Å². The number of rotatable bonds is 11. The highest BCUT2D eigenvalue weighted by atomic mass is 16.7. The van der Waals surface area contributed by atoms with Crippen LogP contribution < -0.4 is 14.2 Å². The summed E-state index contributed by atoms with van der Waals surface area (Å²) in [4.78, 5) is 26.3. The number of hydrogen-bond acceptors (Lipinski definition) is 10.